The topological polar surface area (TPSA) is 42.0 Å². The highest BCUT2D eigenvalue weighted by atomic mass is 32.1. The number of carbonyl (C=O) groups excluding carboxylic acids is 1. The molecule has 0 aliphatic carbocycles. The molecule has 106 valence electrons. The molecule has 0 aliphatic rings. The van der Waals surface area contributed by atoms with E-state index in [2.05, 4.69) is 29.4 Å². The third-order valence-electron chi connectivity index (χ3n) is 3.04. The molecule has 0 aliphatic heterocycles. The molecule has 0 unspecified atom stereocenters. The standard InChI is InChI=1S/C16H20N2OS/c1-11-7-5-6-8-13(11)14-18-12(10-20-14)9-17-15(19)16(2,3)4/h5-8,10H,9H2,1-4H3,(H,17,19). The van der Waals surface area contributed by atoms with Crippen LogP contribution in [-0.2, 0) is 11.3 Å². The van der Waals surface area contributed by atoms with Gasteiger partial charge in [0.05, 0.1) is 12.2 Å². The molecular weight excluding hydrogens is 268 g/mol. The minimum atomic E-state index is -0.366. The zero-order chi connectivity index (χ0) is 14.8. The van der Waals surface area contributed by atoms with Crippen LogP contribution in [0.3, 0.4) is 0 Å². The molecule has 0 fully saturated rings. The van der Waals surface area contributed by atoms with Crippen molar-refractivity contribution in [2.24, 2.45) is 5.41 Å². The van der Waals surface area contributed by atoms with Crippen molar-refractivity contribution in [2.45, 2.75) is 34.2 Å². The molecule has 0 atom stereocenters. The van der Waals surface area contributed by atoms with Crippen LogP contribution in [0.15, 0.2) is 29.6 Å². The smallest absolute Gasteiger partial charge is 0.225 e. The Morgan fingerprint density at radius 1 is 1.30 bits per heavy atom. The number of benzene rings is 1. The summed E-state index contributed by atoms with van der Waals surface area (Å²) in [5, 5.41) is 5.93. The maximum atomic E-state index is 11.8. The van der Waals surface area contributed by atoms with Gasteiger partial charge in [-0.1, -0.05) is 45.0 Å². The fourth-order valence-corrected chi connectivity index (χ4v) is 2.67. The van der Waals surface area contributed by atoms with E-state index in [0.717, 1.165) is 16.3 Å². The average molecular weight is 288 g/mol. The third kappa shape index (κ3) is 3.45. The molecule has 2 aromatic rings. The maximum Gasteiger partial charge on any atom is 0.225 e. The van der Waals surface area contributed by atoms with E-state index < -0.39 is 0 Å². The molecule has 0 saturated heterocycles. The van der Waals surface area contributed by atoms with Gasteiger partial charge in [-0.05, 0) is 12.5 Å². The van der Waals surface area contributed by atoms with Gasteiger partial charge in [0.15, 0.2) is 0 Å². The molecule has 1 amide bonds. The molecule has 0 bridgehead atoms. The number of carbonyl (C=O) groups is 1. The van der Waals surface area contributed by atoms with E-state index in [9.17, 15) is 4.79 Å². The zero-order valence-corrected chi connectivity index (χ0v) is 13.2. The van der Waals surface area contributed by atoms with Crippen LogP contribution in [0.1, 0.15) is 32.0 Å². The van der Waals surface area contributed by atoms with Gasteiger partial charge in [0.25, 0.3) is 0 Å². The molecule has 4 heteroatoms. The van der Waals surface area contributed by atoms with E-state index in [1.165, 1.54) is 5.56 Å². The predicted molar refractivity (Wildman–Crippen MR) is 83.6 cm³/mol. The normalized spacial score (nSPS) is 11.4. The molecule has 0 radical (unpaired) electrons. The van der Waals surface area contributed by atoms with Crippen molar-refractivity contribution in [3.63, 3.8) is 0 Å². The summed E-state index contributed by atoms with van der Waals surface area (Å²) < 4.78 is 0. The first-order valence-corrected chi connectivity index (χ1v) is 7.54. The van der Waals surface area contributed by atoms with E-state index in [4.69, 9.17) is 0 Å². The summed E-state index contributed by atoms with van der Waals surface area (Å²) in [6.07, 6.45) is 0. The Bertz CT molecular complexity index is 611. The van der Waals surface area contributed by atoms with E-state index in [0.29, 0.717) is 6.54 Å². The van der Waals surface area contributed by atoms with Gasteiger partial charge in [0.2, 0.25) is 5.91 Å². The minimum Gasteiger partial charge on any atom is -0.350 e. The highest BCUT2D eigenvalue weighted by Crippen LogP contribution is 2.26. The van der Waals surface area contributed by atoms with Crippen LogP contribution in [0.4, 0.5) is 0 Å². The van der Waals surface area contributed by atoms with Crippen molar-refractivity contribution in [1.29, 1.82) is 0 Å². The molecule has 1 aromatic heterocycles. The first kappa shape index (κ1) is 14.7. The second-order valence-electron chi connectivity index (χ2n) is 5.89. The fraction of sp³-hybridized carbons (Fsp3) is 0.375. The van der Waals surface area contributed by atoms with Crippen molar-refractivity contribution >= 4 is 17.2 Å². The summed E-state index contributed by atoms with van der Waals surface area (Å²) in [4.78, 5) is 16.4. The summed E-state index contributed by atoms with van der Waals surface area (Å²) in [5.74, 6) is 0.0444. The lowest BCUT2D eigenvalue weighted by molar-refractivity contribution is -0.128. The van der Waals surface area contributed by atoms with Crippen LogP contribution in [-0.4, -0.2) is 10.9 Å². The minimum absolute atomic E-state index is 0.0444. The SMILES string of the molecule is Cc1ccccc1-c1nc(CNC(=O)C(C)(C)C)cs1. The van der Waals surface area contributed by atoms with Crippen molar-refractivity contribution < 1.29 is 4.79 Å². The van der Waals surface area contributed by atoms with Gasteiger partial charge in [-0.25, -0.2) is 4.98 Å². The Kier molecular flexibility index (Phi) is 4.23. The van der Waals surface area contributed by atoms with Gasteiger partial charge >= 0.3 is 0 Å². The fourth-order valence-electron chi connectivity index (χ4n) is 1.76. The quantitative estimate of drug-likeness (QED) is 0.934. The Morgan fingerprint density at radius 3 is 2.65 bits per heavy atom. The van der Waals surface area contributed by atoms with E-state index in [1.54, 1.807) is 11.3 Å². The summed E-state index contributed by atoms with van der Waals surface area (Å²) in [6.45, 7) is 8.28. The van der Waals surface area contributed by atoms with E-state index in [1.807, 2.05) is 38.3 Å². The summed E-state index contributed by atoms with van der Waals surface area (Å²) >= 11 is 1.61. The van der Waals surface area contributed by atoms with Crippen molar-refractivity contribution in [3.05, 3.63) is 40.9 Å². The number of nitrogens with one attached hydrogen (secondary N) is 1. The van der Waals surface area contributed by atoms with Crippen molar-refractivity contribution in [2.75, 3.05) is 0 Å². The summed E-state index contributed by atoms with van der Waals surface area (Å²) in [6, 6.07) is 8.20. The largest absolute Gasteiger partial charge is 0.350 e. The van der Waals surface area contributed by atoms with Crippen molar-refractivity contribution in [3.8, 4) is 10.6 Å². The first-order valence-electron chi connectivity index (χ1n) is 6.66. The Hall–Kier alpha value is -1.68. The van der Waals surface area contributed by atoms with Crippen molar-refractivity contribution in [1.82, 2.24) is 10.3 Å². The second-order valence-corrected chi connectivity index (χ2v) is 6.75. The predicted octanol–water partition coefficient (Wildman–Crippen LogP) is 3.78. The highest BCUT2D eigenvalue weighted by molar-refractivity contribution is 7.13. The number of nitrogens with zero attached hydrogens (tertiary/aromatic N) is 1. The lowest BCUT2D eigenvalue weighted by atomic mass is 9.96. The molecular formula is C16H20N2OS. The lowest BCUT2D eigenvalue weighted by Gasteiger charge is -2.16. The number of thiazole rings is 1. The van der Waals surface area contributed by atoms with Gasteiger partial charge in [0, 0.05) is 16.4 Å². The molecule has 3 nitrogen and oxygen atoms in total. The molecule has 2 rings (SSSR count). The number of rotatable bonds is 3. The molecule has 1 aromatic carbocycles. The van der Waals surface area contributed by atoms with E-state index >= 15 is 0 Å². The van der Waals surface area contributed by atoms with Gasteiger partial charge in [-0.15, -0.1) is 11.3 Å². The third-order valence-corrected chi connectivity index (χ3v) is 3.96. The lowest BCUT2D eigenvalue weighted by Crippen LogP contribution is -2.34. The van der Waals surface area contributed by atoms with Crippen LogP contribution in [0.2, 0.25) is 0 Å². The Labute approximate surface area is 124 Å². The van der Waals surface area contributed by atoms with Crippen LogP contribution >= 0.6 is 11.3 Å². The van der Waals surface area contributed by atoms with Gasteiger partial charge in [0.1, 0.15) is 5.01 Å². The zero-order valence-electron chi connectivity index (χ0n) is 12.4. The van der Waals surface area contributed by atoms with Crippen LogP contribution in [0.5, 0.6) is 0 Å². The Balaban J connectivity index is 2.07. The van der Waals surface area contributed by atoms with E-state index in [-0.39, 0.29) is 11.3 Å². The number of aromatic nitrogens is 1. The van der Waals surface area contributed by atoms with Crippen LogP contribution < -0.4 is 5.32 Å². The van der Waals surface area contributed by atoms with Crippen LogP contribution in [0, 0.1) is 12.3 Å². The molecule has 1 N–H and O–H groups in total. The molecule has 0 spiro atoms. The Morgan fingerprint density at radius 2 is 2.00 bits per heavy atom. The molecule has 0 saturated carbocycles. The monoisotopic (exact) mass is 288 g/mol. The average Bonchev–Trinajstić information content (AvgIpc) is 2.84. The summed E-state index contributed by atoms with van der Waals surface area (Å²) in [5.41, 5.74) is 2.92. The number of hydrogen-bond acceptors (Lipinski definition) is 3. The van der Waals surface area contributed by atoms with Gasteiger partial charge in [-0.3, -0.25) is 4.79 Å². The molecule has 1 heterocycles. The van der Waals surface area contributed by atoms with Crippen LogP contribution in [0.25, 0.3) is 10.6 Å². The first-order chi connectivity index (χ1) is 9.38. The number of amides is 1. The van der Waals surface area contributed by atoms with Gasteiger partial charge in [-0.2, -0.15) is 0 Å². The highest BCUT2D eigenvalue weighted by Gasteiger charge is 2.20. The maximum absolute atomic E-state index is 11.8. The summed E-state index contributed by atoms with van der Waals surface area (Å²) in [7, 11) is 0. The number of hydrogen-bond donors (Lipinski definition) is 1. The number of aryl methyl sites for hydroxylation is 1. The van der Waals surface area contributed by atoms with Gasteiger partial charge < -0.3 is 5.32 Å². The molecule has 20 heavy (non-hydrogen) atoms. The second kappa shape index (κ2) is 5.75.